The molecule has 0 spiro atoms. The van der Waals surface area contributed by atoms with Crippen molar-refractivity contribution in [1.82, 2.24) is 9.97 Å². The van der Waals surface area contributed by atoms with Crippen LogP contribution in [0.5, 0.6) is 17.5 Å². The quantitative estimate of drug-likeness (QED) is 0.765. The van der Waals surface area contributed by atoms with Gasteiger partial charge in [-0.2, -0.15) is 9.97 Å². The summed E-state index contributed by atoms with van der Waals surface area (Å²) in [6.45, 7) is 0. The largest absolute Gasteiger partial charge is 0.494 e. The van der Waals surface area contributed by atoms with Gasteiger partial charge in [-0.25, -0.2) is 0 Å². The number of methoxy groups -OCH3 is 1. The first kappa shape index (κ1) is 9.45. The summed E-state index contributed by atoms with van der Waals surface area (Å²) < 4.78 is 10.3. The van der Waals surface area contributed by atoms with Gasteiger partial charge in [-0.3, -0.25) is 0 Å². The summed E-state index contributed by atoms with van der Waals surface area (Å²) in [5.74, 6) is 1.32. The Morgan fingerprint density at radius 1 is 0.933 bits per heavy atom. The Hall–Kier alpha value is -2.10. The highest BCUT2D eigenvalue weighted by Gasteiger charge is 1.99. The number of para-hydroxylation sites is 1. The van der Waals surface area contributed by atoms with Gasteiger partial charge in [0.05, 0.1) is 19.5 Å². The van der Waals surface area contributed by atoms with Gasteiger partial charge in [0.1, 0.15) is 5.75 Å². The number of hydrogen-bond acceptors (Lipinski definition) is 4. The molecule has 1 aromatic carbocycles. The smallest absolute Gasteiger partial charge is 0.322 e. The summed E-state index contributed by atoms with van der Waals surface area (Å²) in [6.07, 6.45) is 3.12. The van der Waals surface area contributed by atoms with Crippen LogP contribution < -0.4 is 9.47 Å². The lowest BCUT2D eigenvalue weighted by molar-refractivity contribution is 0.399. The van der Waals surface area contributed by atoms with Gasteiger partial charge in [0.15, 0.2) is 5.75 Å². The molecule has 2 rings (SSSR count). The lowest BCUT2D eigenvalue weighted by atomic mass is 10.3. The molecular weight excluding hydrogens is 192 g/mol. The van der Waals surface area contributed by atoms with Gasteiger partial charge in [-0.1, -0.05) is 18.2 Å². The molecule has 76 valence electrons. The lowest BCUT2D eigenvalue weighted by Crippen LogP contribution is -1.92. The second kappa shape index (κ2) is 4.41. The highest BCUT2D eigenvalue weighted by atomic mass is 16.5. The van der Waals surface area contributed by atoms with Crippen molar-refractivity contribution in [2.75, 3.05) is 7.11 Å². The molecule has 0 aliphatic rings. The highest BCUT2D eigenvalue weighted by Crippen LogP contribution is 2.17. The molecule has 0 radical (unpaired) electrons. The van der Waals surface area contributed by atoms with E-state index in [1.807, 2.05) is 30.3 Å². The van der Waals surface area contributed by atoms with E-state index in [0.717, 1.165) is 0 Å². The van der Waals surface area contributed by atoms with Crippen LogP contribution in [0.15, 0.2) is 42.7 Å². The van der Waals surface area contributed by atoms with E-state index in [4.69, 9.17) is 9.47 Å². The Morgan fingerprint density at radius 3 is 2.20 bits per heavy atom. The topological polar surface area (TPSA) is 44.2 Å². The maximum absolute atomic E-state index is 5.40. The predicted molar refractivity (Wildman–Crippen MR) is 55.1 cm³/mol. The number of aromatic nitrogens is 2. The van der Waals surface area contributed by atoms with Gasteiger partial charge >= 0.3 is 6.01 Å². The molecule has 4 nitrogen and oxygen atoms in total. The van der Waals surface area contributed by atoms with Gasteiger partial charge in [-0.15, -0.1) is 0 Å². The fourth-order valence-corrected chi connectivity index (χ4v) is 1.06. The van der Waals surface area contributed by atoms with Crippen LogP contribution in [0.2, 0.25) is 0 Å². The van der Waals surface area contributed by atoms with E-state index in [1.165, 1.54) is 0 Å². The number of nitrogens with zero attached hydrogens (tertiary/aromatic N) is 2. The molecule has 0 fully saturated rings. The van der Waals surface area contributed by atoms with Crippen molar-refractivity contribution in [3.63, 3.8) is 0 Å². The van der Waals surface area contributed by atoms with Crippen molar-refractivity contribution < 1.29 is 9.47 Å². The molecule has 0 saturated heterocycles. The molecule has 4 heteroatoms. The monoisotopic (exact) mass is 202 g/mol. The van der Waals surface area contributed by atoms with E-state index in [1.54, 1.807) is 19.5 Å². The van der Waals surface area contributed by atoms with Gasteiger partial charge in [0.25, 0.3) is 0 Å². The number of benzene rings is 1. The summed E-state index contributed by atoms with van der Waals surface area (Å²) in [6, 6.07) is 9.68. The lowest BCUT2D eigenvalue weighted by Gasteiger charge is -2.03. The van der Waals surface area contributed by atoms with Crippen LogP contribution in [0.1, 0.15) is 0 Å². The van der Waals surface area contributed by atoms with Crippen molar-refractivity contribution in [2.45, 2.75) is 0 Å². The SMILES string of the molecule is COc1cnc(Oc2ccccc2)nc1. The molecule has 0 N–H and O–H groups in total. The third kappa shape index (κ3) is 2.43. The highest BCUT2D eigenvalue weighted by molar-refractivity contribution is 5.24. The predicted octanol–water partition coefficient (Wildman–Crippen LogP) is 2.28. The summed E-state index contributed by atoms with van der Waals surface area (Å²) in [5.41, 5.74) is 0. The van der Waals surface area contributed by atoms with E-state index in [2.05, 4.69) is 9.97 Å². The zero-order valence-electron chi connectivity index (χ0n) is 8.25. The molecule has 0 amide bonds. The minimum absolute atomic E-state index is 0.307. The van der Waals surface area contributed by atoms with Crippen LogP contribution in [0, 0.1) is 0 Å². The van der Waals surface area contributed by atoms with E-state index in [0.29, 0.717) is 17.5 Å². The minimum Gasteiger partial charge on any atom is -0.494 e. The van der Waals surface area contributed by atoms with Gasteiger partial charge < -0.3 is 9.47 Å². The second-order valence-corrected chi connectivity index (χ2v) is 2.82. The molecule has 0 aliphatic carbocycles. The van der Waals surface area contributed by atoms with E-state index in [-0.39, 0.29) is 0 Å². The fourth-order valence-electron chi connectivity index (χ4n) is 1.06. The average molecular weight is 202 g/mol. The molecule has 1 aromatic heterocycles. The van der Waals surface area contributed by atoms with Crippen molar-refractivity contribution in [2.24, 2.45) is 0 Å². The Labute approximate surface area is 87.5 Å². The Kier molecular flexibility index (Phi) is 2.78. The molecule has 1 heterocycles. The molecule has 0 aliphatic heterocycles. The van der Waals surface area contributed by atoms with Crippen molar-refractivity contribution in [3.8, 4) is 17.5 Å². The fraction of sp³-hybridized carbons (Fsp3) is 0.0909. The third-order valence-electron chi connectivity index (χ3n) is 1.79. The normalized spacial score (nSPS) is 9.67. The molecule has 2 aromatic rings. The zero-order valence-corrected chi connectivity index (χ0v) is 8.25. The number of rotatable bonds is 3. The maximum atomic E-state index is 5.40. The standard InChI is InChI=1S/C11H10N2O2/c1-14-10-7-12-11(13-8-10)15-9-5-3-2-4-6-9/h2-8H,1H3. The van der Waals surface area contributed by atoms with Crippen LogP contribution >= 0.6 is 0 Å². The van der Waals surface area contributed by atoms with Crippen LogP contribution in [0.3, 0.4) is 0 Å². The zero-order chi connectivity index (χ0) is 10.5. The van der Waals surface area contributed by atoms with Crippen LogP contribution in [-0.4, -0.2) is 17.1 Å². The average Bonchev–Trinajstić information content (AvgIpc) is 2.31. The summed E-state index contributed by atoms with van der Waals surface area (Å²) >= 11 is 0. The van der Waals surface area contributed by atoms with Crippen molar-refractivity contribution >= 4 is 0 Å². The molecule has 15 heavy (non-hydrogen) atoms. The van der Waals surface area contributed by atoms with E-state index >= 15 is 0 Å². The second-order valence-electron chi connectivity index (χ2n) is 2.82. The Morgan fingerprint density at radius 2 is 1.60 bits per heavy atom. The van der Waals surface area contributed by atoms with Gasteiger partial charge in [-0.05, 0) is 12.1 Å². The van der Waals surface area contributed by atoms with Gasteiger partial charge in [0.2, 0.25) is 0 Å². The number of hydrogen-bond donors (Lipinski definition) is 0. The summed E-state index contributed by atoms with van der Waals surface area (Å²) in [5, 5.41) is 0. The first-order chi connectivity index (χ1) is 7.38. The first-order valence-electron chi connectivity index (χ1n) is 4.47. The Bertz CT molecular complexity index is 414. The van der Waals surface area contributed by atoms with E-state index < -0.39 is 0 Å². The first-order valence-corrected chi connectivity index (χ1v) is 4.47. The third-order valence-corrected chi connectivity index (χ3v) is 1.79. The molecule has 0 bridgehead atoms. The number of ether oxygens (including phenoxy) is 2. The molecular formula is C11H10N2O2. The van der Waals surface area contributed by atoms with Crippen molar-refractivity contribution in [1.29, 1.82) is 0 Å². The molecule has 0 saturated carbocycles. The van der Waals surface area contributed by atoms with Crippen LogP contribution in [0.4, 0.5) is 0 Å². The summed E-state index contributed by atoms with van der Waals surface area (Å²) in [7, 11) is 1.57. The van der Waals surface area contributed by atoms with E-state index in [9.17, 15) is 0 Å². The van der Waals surface area contributed by atoms with Crippen LogP contribution in [0.25, 0.3) is 0 Å². The molecule has 0 atom stereocenters. The summed E-state index contributed by atoms with van der Waals surface area (Å²) in [4.78, 5) is 7.97. The Balaban J connectivity index is 2.11. The van der Waals surface area contributed by atoms with Crippen LogP contribution in [-0.2, 0) is 0 Å². The van der Waals surface area contributed by atoms with Gasteiger partial charge in [0, 0.05) is 0 Å². The maximum Gasteiger partial charge on any atom is 0.322 e. The minimum atomic E-state index is 0.307. The van der Waals surface area contributed by atoms with Crippen molar-refractivity contribution in [3.05, 3.63) is 42.7 Å². The molecule has 0 unspecified atom stereocenters.